The third kappa shape index (κ3) is 6.40. The summed E-state index contributed by atoms with van der Waals surface area (Å²) in [6.07, 6.45) is 4.81. The maximum absolute atomic E-state index is 4.55. The van der Waals surface area contributed by atoms with Crippen LogP contribution in [0.5, 0.6) is 0 Å². The second kappa shape index (κ2) is 9.95. The van der Waals surface area contributed by atoms with Crippen LogP contribution in [0.15, 0.2) is 41.3 Å². The second-order valence-corrected chi connectivity index (χ2v) is 8.53. The van der Waals surface area contributed by atoms with Crippen LogP contribution in [0.1, 0.15) is 31.5 Å². The number of nitrogens with zero attached hydrogens (tertiary/aromatic N) is 3. The molecular weight excluding hydrogens is 354 g/mol. The summed E-state index contributed by atoms with van der Waals surface area (Å²) in [5.74, 6) is 3.84. The standard InChI is InChI=1S/C21H31N5S/c1-16-23-20(15-21(24-16)26(2)3)25-18-11-9-17(10-12-18)22-13-14-27-19-7-5-4-6-8-19/h4-8,15,17-18,22H,9-14H2,1-3H3,(H,23,24,25). The van der Waals surface area contributed by atoms with E-state index in [1.165, 1.54) is 30.6 Å². The molecule has 0 atom stereocenters. The number of rotatable bonds is 8. The third-order valence-electron chi connectivity index (χ3n) is 4.91. The van der Waals surface area contributed by atoms with Gasteiger partial charge in [0.15, 0.2) is 0 Å². The van der Waals surface area contributed by atoms with Crippen molar-refractivity contribution in [2.75, 3.05) is 36.6 Å². The molecule has 1 heterocycles. The highest BCUT2D eigenvalue weighted by molar-refractivity contribution is 7.99. The van der Waals surface area contributed by atoms with E-state index in [0.717, 1.165) is 29.8 Å². The van der Waals surface area contributed by atoms with Gasteiger partial charge in [0.1, 0.15) is 17.5 Å². The first-order valence-corrected chi connectivity index (χ1v) is 10.8. The Labute approximate surface area is 167 Å². The highest BCUT2D eigenvalue weighted by Crippen LogP contribution is 2.23. The van der Waals surface area contributed by atoms with Gasteiger partial charge in [-0.2, -0.15) is 0 Å². The lowest BCUT2D eigenvalue weighted by molar-refractivity contribution is 0.360. The van der Waals surface area contributed by atoms with Crippen molar-refractivity contribution in [1.82, 2.24) is 15.3 Å². The van der Waals surface area contributed by atoms with Gasteiger partial charge in [0, 0.05) is 49.4 Å². The Bertz CT molecular complexity index is 699. The van der Waals surface area contributed by atoms with E-state index < -0.39 is 0 Å². The zero-order valence-electron chi connectivity index (χ0n) is 16.6. The first-order chi connectivity index (χ1) is 13.1. The van der Waals surface area contributed by atoms with Crippen molar-refractivity contribution in [2.24, 2.45) is 0 Å². The zero-order chi connectivity index (χ0) is 19.1. The molecule has 1 fully saturated rings. The topological polar surface area (TPSA) is 53.1 Å². The second-order valence-electron chi connectivity index (χ2n) is 7.36. The van der Waals surface area contributed by atoms with Crippen LogP contribution in [0, 0.1) is 6.92 Å². The monoisotopic (exact) mass is 385 g/mol. The van der Waals surface area contributed by atoms with E-state index in [4.69, 9.17) is 0 Å². The molecule has 1 aromatic carbocycles. The maximum Gasteiger partial charge on any atom is 0.133 e. The molecule has 5 nitrogen and oxygen atoms in total. The van der Waals surface area contributed by atoms with Crippen LogP contribution in [0.4, 0.5) is 11.6 Å². The number of anilines is 2. The molecule has 1 aromatic heterocycles. The van der Waals surface area contributed by atoms with Crippen LogP contribution in [-0.2, 0) is 0 Å². The van der Waals surface area contributed by atoms with Gasteiger partial charge in [0.2, 0.25) is 0 Å². The van der Waals surface area contributed by atoms with E-state index in [9.17, 15) is 0 Å². The average molecular weight is 386 g/mol. The van der Waals surface area contributed by atoms with Crippen molar-refractivity contribution in [1.29, 1.82) is 0 Å². The van der Waals surface area contributed by atoms with Gasteiger partial charge in [-0.25, -0.2) is 9.97 Å². The van der Waals surface area contributed by atoms with Crippen LogP contribution >= 0.6 is 11.8 Å². The molecule has 0 spiro atoms. The normalized spacial score (nSPS) is 19.7. The van der Waals surface area contributed by atoms with E-state index in [0.29, 0.717) is 12.1 Å². The van der Waals surface area contributed by atoms with E-state index in [1.807, 2.05) is 43.7 Å². The first-order valence-electron chi connectivity index (χ1n) is 9.81. The number of aryl methyl sites for hydroxylation is 1. The number of hydrogen-bond acceptors (Lipinski definition) is 6. The summed E-state index contributed by atoms with van der Waals surface area (Å²) in [6, 6.07) is 13.8. The van der Waals surface area contributed by atoms with Gasteiger partial charge in [-0.05, 0) is 44.7 Å². The predicted molar refractivity (Wildman–Crippen MR) is 116 cm³/mol. The summed E-state index contributed by atoms with van der Waals surface area (Å²) in [6.45, 7) is 3.02. The van der Waals surface area contributed by atoms with Crippen LogP contribution in [0.2, 0.25) is 0 Å². The number of nitrogens with one attached hydrogen (secondary N) is 2. The minimum absolute atomic E-state index is 0.506. The fourth-order valence-corrected chi connectivity index (χ4v) is 4.26. The molecule has 1 aliphatic rings. The van der Waals surface area contributed by atoms with Crippen molar-refractivity contribution >= 4 is 23.4 Å². The number of aromatic nitrogens is 2. The highest BCUT2D eigenvalue weighted by Gasteiger charge is 2.21. The van der Waals surface area contributed by atoms with Crippen molar-refractivity contribution in [3.8, 4) is 0 Å². The van der Waals surface area contributed by atoms with Crippen LogP contribution in [0.25, 0.3) is 0 Å². The quantitative estimate of drug-likeness (QED) is 0.530. The van der Waals surface area contributed by atoms with E-state index in [2.05, 4.69) is 50.9 Å². The molecule has 0 amide bonds. The fraction of sp³-hybridized carbons (Fsp3) is 0.524. The van der Waals surface area contributed by atoms with Gasteiger partial charge in [-0.1, -0.05) is 18.2 Å². The van der Waals surface area contributed by atoms with Gasteiger partial charge in [0.25, 0.3) is 0 Å². The van der Waals surface area contributed by atoms with Gasteiger partial charge in [0.05, 0.1) is 0 Å². The summed E-state index contributed by atoms with van der Waals surface area (Å²) in [4.78, 5) is 12.4. The molecule has 0 saturated heterocycles. The van der Waals surface area contributed by atoms with Crippen LogP contribution < -0.4 is 15.5 Å². The minimum Gasteiger partial charge on any atom is -0.367 e. The summed E-state index contributed by atoms with van der Waals surface area (Å²) < 4.78 is 0. The fourth-order valence-electron chi connectivity index (χ4n) is 3.45. The molecule has 2 N–H and O–H groups in total. The van der Waals surface area contributed by atoms with Crippen LogP contribution in [0.3, 0.4) is 0 Å². The van der Waals surface area contributed by atoms with Crippen molar-refractivity contribution in [2.45, 2.75) is 49.6 Å². The molecule has 0 unspecified atom stereocenters. The lowest BCUT2D eigenvalue weighted by Gasteiger charge is -2.30. The summed E-state index contributed by atoms with van der Waals surface area (Å²) in [5.41, 5.74) is 0. The maximum atomic E-state index is 4.55. The Balaban J connectivity index is 1.38. The molecule has 0 radical (unpaired) electrons. The van der Waals surface area contributed by atoms with Crippen molar-refractivity contribution < 1.29 is 0 Å². The lowest BCUT2D eigenvalue weighted by Crippen LogP contribution is -2.38. The molecule has 1 aliphatic carbocycles. The number of hydrogen-bond donors (Lipinski definition) is 2. The molecule has 6 heteroatoms. The van der Waals surface area contributed by atoms with Crippen molar-refractivity contribution in [3.63, 3.8) is 0 Å². The number of thioether (sulfide) groups is 1. The Morgan fingerprint density at radius 2 is 1.74 bits per heavy atom. The molecular formula is C21H31N5S. The van der Waals surface area contributed by atoms with E-state index in [1.54, 1.807) is 0 Å². The molecule has 3 rings (SSSR count). The number of benzene rings is 1. The molecule has 146 valence electrons. The van der Waals surface area contributed by atoms with Crippen LogP contribution in [-0.4, -0.2) is 48.4 Å². The SMILES string of the molecule is Cc1nc(NC2CCC(NCCSc3ccccc3)CC2)cc(N(C)C)n1. The lowest BCUT2D eigenvalue weighted by atomic mass is 9.91. The average Bonchev–Trinajstić information content (AvgIpc) is 2.67. The minimum atomic E-state index is 0.506. The molecule has 0 bridgehead atoms. The van der Waals surface area contributed by atoms with E-state index >= 15 is 0 Å². The zero-order valence-corrected chi connectivity index (χ0v) is 17.4. The van der Waals surface area contributed by atoms with Crippen molar-refractivity contribution in [3.05, 3.63) is 42.2 Å². The Hall–Kier alpha value is -1.79. The predicted octanol–water partition coefficient (Wildman–Crippen LogP) is 3.96. The van der Waals surface area contributed by atoms with E-state index in [-0.39, 0.29) is 0 Å². The summed E-state index contributed by atoms with van der Waals surface area (Å²) in [5, 5.41) is 7.35. The highest BCUT2D eigenvalue weighted by atomic mass is 32.2. The van der Waals surface area contributed by atoms with Gasteiger partial charge >= 0.3 is 0 Å². The first kappa shape index (κ1) is 20.0. The Kier molecular flexibility index (Phi) is 7.35. The Morgan fingerprint density at radius 3 is 2.44 bits per heavy atom. The molecule has 0 aliphatic heterocycles. The third-order valence-corrected chi connectivity index (χ3v) is 5.92. The molecule has 1 saturated carbocycles. The van der Waals surface area contributed by atoms with Gasteiger partial charge in [-0.3, -0.25) is 0 Å². The molecule has 2 aromatic rings. The summed E-state index contributed by atoms with van der Waals surface area (Å²) in [7, 11) is 4.02. The molecule has 27 heavy (non-hydrogen) atoms. The summed E-state index contributed by atoms with van der Waals surface area (Å²) >= 11 is 1.92. The Morgan fingerprint density at radius 1 is 1.04 bits per heavy atom. The smallest absolute Gasteiger partial charge is 0.133 e. The van der Waals surface area contributed by atoms with Gasteiger partial charge in [-0.15, -0.1) is 11.8 Å². The largest absolute Gasteiger partial charge is 0.367 e. The van der Waals surface area contributed by atoms with Gasteiger partial charge < -0.3 is 15.5 Å².